The van der Waals surface area contributed by atoms with Gasteiger partial charge >= 0.3 is 0 Å². The number of hydrogen-bond donors (Lipinski definition) is 1. The van der Waals surface area contributed by atoms with Crippen LogP contribution in [0, 0.1) is 0 Å². The van der Waals surface area contributed by atoms with Crippen LogP contribution in [-0.2, 0) is 11.3 Å². The smallest absolute Gasteiger partial charge is 0.258 e. The van der Waals surface area contributed by atoms with E-state index in [9.17, 15) is 4.79 Å². The number of carbonyl (C=O) groups excluding carboxylic acids is 1. The van der Waals surface area contributed by atoms with Crippen LogP contribution in [0.3, 0.4) is 0 Å². The van der Waals surface area contributed by atoms with Gasteiger partial charge in [-0.15, -0.1) is 0 Å². The monoisotopic (exact) mass is 371 g/mol. The average molecular weight is 371 g/mol. The molecule has 0 fully saturated rings. The summed E-state index contributed by atoms with van der Waals surface area (Å²) in [5.74, 6) is 1.77. The molecule has 0 bridgehead atoms. The predicted molar refractivity (Wildman–Crippen MR) is 100 cm³/mol. The minimum absolute atomic E-state index is 0.0566. The van der Waals surface area contributed by atoms with Crippen molar-refractivity contribution in [2.45, 2.75) is 32.7 Å². The fourth-order valence-electron chi connectivity index (χ4n) is 2.44. The number of carbonyl (C=O) groups is 1. The van der Waals surface area contributed by atoms with E-state index in [1.807, 2.05) is 41.1 Å². The summed E-state index contributed by atoms with van der Waals surface area (Å²) in [4.78, 5) is 16.3. The number of amides is 1. The van der Waals surface area contributed by atoms with Gasteiger partial charge in [-0.2, -0.15) is 16.3 Å². The van der Waals surface area contributed by atoms with Crippen molar-refractivity contribution in [1.82, 2.24) is 15.5 Å². The van der Waals surface area contributed by atoms with Crippen molar-refractivity contribution in [1.29, 1.82) is 0 Å². The zero-order valence-electron chi connectivity index (χ0n) is 14.8. The van der Waals surface area contributed by atoms with Gasteiger partial charge in [0.1, 0.15) is 5.75 Å². The Morgan fingerprint density at radius 2 is 2.19 bits per heavy atom. The molecule has 2 aromatic heterocycles. The first kappa shape index (κ1) is 18.1. The van der Waals surface area contributed by atoms with Gasteiger partial charge in [0.2, 0.25) is 11.7 Å². The second kappa shape index (κ2) is 8.62. The number of aromatic nitrogens is 2. The van der Waals surface area contributed by atoms with Crippen LogP contribution in [0.5, 0.6) is 5.75 Å². The molecule has 1 aromatic carbocycles. The average Bonchev–Trinajstić information content (AvgIpc) is 3.35. The van der Waals surface area contributed by atoms with E-state index in [0.29, 0.717) is 17.6 Å². The maximum absolute atomic E-state index is 12.1. The van der Waals surface area contributed by atoms with Gasteiger partial charge in [0, 0.05) is 10.9 Å². The third kappa shape index (κ3) is 4.49. The van der Waals surface area contributed by atoms with E-state index in [-0.39, 0.29) is 19.1 Å². The lowest BCUT2D eigenvalue weighted by Gasteiger charge is -2.15. The van der Waals surface area contributed by atoms with Gasteiger partial charge in [0.05, 0.1) is 6.54 Å². The molecule has 0 spiro atoms. The van der Waals surface area contributed by atoms with Crippen LogP contribution in [0.15, 0.2) is 45.6 Å². The van der Waals surface area contributed by atoms with Crippen LogP contribution in [-0.4, -0.2) is 22.7 Å². The van der Waals surface area contributed by atoms with Crippen molar-refractivity contribution >= 4 is 17.2 Å². The molecule has 1 amide bonds. The van der Waals surface area contributed by atoms with Crippen LogP contribution < -0.4 is 10.1 Å². The highest BCUT2D eigenvalue weighted by Gasteiger charge is 2.13. The summed E-state index contributed by atoms with van der Waals surface area (Å²) in [5, 5.41) is 10.5. The zero-order valence-corrected chi connectivity index (χ0v) is 15.6. The number of nitrogens with one attached hydrogen (secondary N) is 1. The minimum Gasteiger partial charge on any atom is -0.483 e. The third-order valence-corrected chi connectivity index (χ3v) is 4.79. The number of hydrogen-bond acceptors (Lipinski definition) is 6. The third-order valence-electron chi connectivity index (χ3n) is 4.11. The molecule has 6 nitrogen and oxygen atoms in total. The molecule has 0 aliphatic heterocycles. The maximum atomic E-state index is 12.1. The van der Waals surface area contributed by atoms with Crippen molar-refractivity contribution in [2.75, 3.05) is 6.61 Å². The van der Waals surface area contributed by atoms with Gasteiger partial charge in [0.25, 0.3) is 5.91 Å². The number of benzene rings is 1. The first-order valence-electron chi connectivity index (χ1n) is 8.51. The molecule has 1 unspecified atom stereocenters. The number of rotatable bonds is 8. The second-order valence-electron chi connectivity index (χ2n) is 5.94. The van der Waals surface area contributed by atoms with Gasteiger partial charge in [-0.25, -0.2) is 0 Å². The fourth-order valence-corrected chi connectivity index (χ4v) is 3.08. The van der Waals surface area contributed by atoms with E-state index in [1.54, 1.807) is 11.3 Å². The summed E-state index contributed by atoms with van der Waals surface area (Å²) < 4.78 is 10.9. The normalized spacial score (nSPS) is 11.9. The number of nitrogens with zero attached hydrogens (tertiary/aromatic N) is 2. The quantitative estimate of drug-likeness (QED) is 0.647. The number of thiophene rings is 1. The molecule has 1 atom stereocenters. The molecule has 0 radical (unpaired) electrons. The van der Waals surface area contributed by atoms with Crippen LogP contribution in [0.2, 0.25) is 0 Å². The van der Waals surface area contributed by atoms with E-state index in [4.69, 9.17) is 9.26 Å². The molecule has 136 valence electrons. The lowest BCUT2D eigenvalue weighted by Crippen LogP contribution is -2.28. The topological polar surface area (TPSA) is 77.2 Å². The number of para-hydroxylation sites is 1. The van der Waals surface area contributed by atoms with Gasteiger partial charge in [-0.05, 0) is 35.4 Å². The molecule has 0 aliphatic rings. The standard InChI is InChI=1S/C19H21N3O3S/c1-3-13(2)15-6-4-5-7-16(15)24-11-17(23)20-10-18-21-19(22-25-18)14-8-9-26-12-14/h4-9,12-13H,3,10-11H2,1-2H3,(H,20,23). The highest BCUT2D eigenvalue weighted by Crippen LogP contribution is 2.28. The molecule has 3 rings (SSSR count). The second-order valence-corrected chi connectivity index (χ2v) is 6.72. The Labute approximate surface area is 156 Å². The van der Waals surface area contributed by atoms with Crippen molar-refractivity contribution in [3.05, 3.63) is 52.5 Å². The Balaban J connectivity index is 1.51. The summed E-state index contributed by atoms with van der Waals surface area (Å²) in [6, 6.07) is 9.73. The molecule has 26 heavy (non-hydrogen) atoms. The summed E-state index contributed by atoms with van der Waals surface area (Å²) in [6.07, 6.45) is 1.01. The lowest BCUT2D eigenvalue weighted by molar-refractivity contribution is -0.123. The van der Waals surface area contributed by atoms with E-state index in [1.165, 1.54) is 0 Å². The van der Waals surface area contributed by atoms with Gasteiger partial charge in [-0.3, -0.25) is 4.79 Å². The molecular weight excluding hydrogens is 350 g/mol. The summed E-state index contributed by atoms with van der Waals surface area (Å²) in [5.41, 5.74) is 2.02. The van der Waals surface area contributed by atoms with Gasteiger partial charge < -0.3 is 14.6 Å². The SMILES string of the molecule is CCC(C)c1ccccc1OCC(=O)NCc1nc(-c2ccsc2)no1. The molecule has 7 heteroatoms. The fraction of sp³-hybridized carbons (Fsp3) is 0.316. The Bertz CT molecular complexity index is 845. The molecular formula is C19H21N3O3S. The molecule has 0 saturated carbocycles. The van der Waals surface area contributed by atoms with Crippen LogP contribution in [0.25, 0.3) is 11.4 Å². The van der Waals surface area contributed by atoms with E-state index < -0.39 is 0 Å². The summed E-state index contributed by atoms with van der Waals surface area (Å²) in [7, 11) is 0. The lowest BCUT2D eigenvalue weighted by atomic mass is 9.98. The van der Waals surface area contributed by atoms with E-state index >= 15 is 0 Å². The van der Waals surface area contributed by atoms with Crippen molar-refractivity contribution < 1.29 is 14.1 Å². The van der Waals surface area contributed by atoms with Crippen LogP contribution in [0.1, 0.15) is 37.6 Å². The first-order chi connectivity index (χ1) is 12.7. The predicted octanol–water partition coefficient (Wildman–Crippen LogP) is 4.01. The summed E-state index contributed by atoms with van der Waals surface area (Å²) in [6.45, 7) is 4.39. The Kier molecular flexibility index (Phi) is 6.01. The Morgan fingerprint density at radius 3 is 2.96 bits per heavy atom. The highest BCUT2D eigenvalue weighted by atomic mass is 32.1. The van der Waals surface area contributed by atoms with E-state index in [0.717, 1.165) is 23.3 Å². The van der Waals surface area contributed by atoms with Crippen LogP contribution >= 0.6 is 11.3 Å². The van der Waals surface area contributed by atoms with Crippen molar-refractivity contribution in [3.8, 4) is 17.1 Å². The van der Waals surface area contributed by atoms with Gasteiger partial charge in [0.15, 0.2) is 6.61 Å². The molecule has 2 heterocycles. The first-order valence-corrected chi connectivity index (χ1v) is 9.45. The largest absolute Gasteiger partial charge is 0.483 e. The van der Waals surface area contributed by atoms with Crippen LogP contribution in [0.4, 0.5) is 0 Å². The summed E-state index contributed by atoms with van der Waals surface area (Å²) >= 11 is 1.56. The van der Waals surface area contributed by atoms with E-state index in [2.05, 4.69) is 29.3 Å². The molecule has 0 saturated heterocycles. The maximum Gasteiger partial charge on any atom is 0.258 e. The van der Waals surface area contributed by atoms with Crippen molar-refractivity contribution in [2.24, 2.45) is 0 Å². The molecule has 0 aliphatic carbocycles. The molecule has 3 aromatic rings. The highest BCUT2D eigenvalue weighted by molar-refractivity contribution is 7.08. The molecule has 1 N–H and O–H groups in total. The zero-order chi connectivity index (χ0) is 18.4. The minimum atomic E-state index is -0.237. The van der Waals surface area contributed by atoms with Gasteiger partial charge in [-0.1, -0.05) is 37.2 Å². The Hall–Kier alpha value is -2.67. The number of ether oxygens (including phenoxy) is 1. The Morgan fingerprint density at radius 1 is 1.35 bits per heavy atom. The van der Waals surface area contributed by atoms with Crippen molar-refractivity contribution in [3.63, 3.8) is 0 Å².